The molecule has 9 nitrogen and oxygen atoms in total. The largest absolute Gasteiger partial charge is 0.497 e. The smallest absolute Gasteiger partial charge is 0.307 e. The van der Waals surface area contributed by atoms with E-state index in [1.54, 1.807) is 33.5 Å². The predicted molar refractivity (Wildman–Crippen MR) is 115 cm³/mol. The fourth-order valence-corrected chi connectivity index (χ4v) is 2.35. The van der Waals surface area contributed by atoms with Gasteiger partial charge in [-0.15, -0.1) is 0 Å². The number of nitrogens with two attached hydrogens (primary N) is 1. The summed E-state index contributed by atoms with van der Waals surface area (Å²) in [6.45, 7) is 3.03. The van der Waals surface area contributed by atoms with Crippen LogP contribution in [0.5, 0.6) is 5.75 Å². The summed E-state index contributed by atoms with van der Waals surface area (Å²) < 4.78 is 19.5. The van der Waals surface area contributed by atoms with Crippen molar-refractivity contribution in [1.82, 2.24) is 10.6 Å². The molecule has 0 bridgehead atoms. The Morgan fingerprint density at radius 2 is 1.63 bits per heavy atom. The number of ether oxygens (including phenoxy) is 4. The number of carbonyl (C=O) groups excluding carboxylic acids is 2. The molecule has 0 saturated heterocycles. The van der Waals surface area contributed by atoms with E-state index < -0.39 is 6.04 Å². The second kappa shape index (κ2) is 18.8. The predicted octanol–water partition coefficient (Wildman–Crippen LogP) is 1.02. The van der Waals surface area contributed by atoms with Crippen LogP contribution in [0.2, 0.25) is 0 Å². The summed E-state index contributed by atoms with van der Waals surface area (Å²) in [6, 6.07) is 6.76. The summed E-state index contributed by atoms with van der Waals surface area (Å²) in [5.74, 6) is 0.142. The van der Waals surface area contributed by atoms with Crippen LogP contribution in [-0.4, -0.2) is 73.2 Å². The third-order valence-corrected chi connectivity index (χ3v) is 3.99. The number of methoxy groups -OCH3 is 4. The first-order chi connectivity index (χ1) is 14.5. The molecule has 0 saturated carbocycles. The van der Waals surface area contributed by atoms with Crippen molar-refractivity contribution >= 4 is 11.9 Å². The van der Waals surface area contributed by atoms with Gasteiger partial charge < -0.3 is 35.3 Å². The van der Waals surface area contributed by atoms with Gasteiger partial charge >= 0.3 is 5.97 Å². The van der Waals surface area contributed by atoms with Crippen molar-refractivity contribution in [3.8, 4) is 5.75 Å². The normalized spacial score (nSPS) is 11.1. The van der Waals surface area contributed by atoms with E-state index in [9.17, 15) is 9.59 Å². The zero-order valence-corrected chi connectivity index (χ0v) is 18.6. The Kier molecular flexibility index (Phi) is 17.4. The van der Waals surface area contributed by atoms with E-state index in [-0.39, 0.29) is 24.8 Å². The van der Waals surface area contributed by atoms with E-state index in [0.717, 1.165) is 31.6 Å². The van der Waals surface area contributed by atoms with Crippen molar-refractivity contribution in [3.05, 3.63) is 29.8 Å². The van der Waals surface area contributed by atoms with Crippen LogP contribution in [0.25, 0.3) is 0 Å². The van der Waals surface area contributed by atoms with Gasteiger partial charge in [0, 0.05) is 27.4 Å². The van der Waals surface area contributed by atoms with E-state index in [1.807, 2.05) is 12.1 Å². The summed E-state index contributed by atoms with van der Waals surface area (Å²) in [5.41, 5.74) is 5.95. The number of esters is 1. The number of hydrogen-bond donors (Lipinski definition) is 3. The van der Waals surface area contributed by atoms with Crippen LogP contribution in [0.1, 0.15) is 30.9 Å². The molecule has 1 aromatic carbocycles. The van der Waals surface area contributed by atoms with Crippen molar-refractivity contribution in [2.75, 3.05) is 61.3 Å². The molecule has 1 atom stereocenters. The summed E-state index contributed by atoms with van der Waals surface area (Å²) in [5, 5.41) is 5.89. The monoisotopic (exact) mass is 427 g/mol. The van der Waals surface area contributed by atoms with Gasteiger partial charge in [-0.2, -0.15) is 0 Å². The Labute approximate surface area is 179 Å². The molecule has 9 heteroatoms. The molecule has 0 spiro atoms. The van der Waals surface area contributed by atoms with Crippen molar-refractivity contribution < 1.29 is 28.5 Å². The van der Waals surface area contributed by atoms with Crippen LogP contribution in [0, 0.1) is 0 Å². The summed E-state index contributed by atoms with van der Waals surface area (Å²) in [7, 11) is 6.22. The number of amides is 1. The maximum atomic E-state index is 12.1. The zero-order valence-electron chi connectivity index (χ0n) is 18.6. The van der Waals surface area contributed by atoms with Gasteiger partial charge in [0.15, 0.2) is 0 Å². The van der Waals surface area contributed by atoms with Gasteiger partial charge in [0.2, 0.25) is 5.91 Å². The molecule has 0 unspecified atom stereocenters. The van der Waals surface area contributed by atoms with Crippen molar-refractivity contribution in [1.29, 1.82) is 0 Å². The highest BCUT2D eigenvalue weighted by atomic mass is 16.5. The minimum Gasteiger partial charge on any atom is -0.497 e. The van der Waals surface area contributed by atoms with Gasteiger partial charge in [-0.25, -0.2) is 0 Å². The van der Waals surface area contributed by atoms with Crippen LogP contribution >= 0.6 is 0 Å². The minimum atomic E-state index is -0.448. The molecule has 0 aromatic heterocycles. The molecule has 0 heterocycles. The maximum absolute atomic E-state index is 12.1. The van der Waals surface area contributed by atoms with Gasteiger partial charge in [-0.05, 0) is 43.6 Å². The second-order valence-electron chi connectivity index (χ2n) is 6.33. The molecule has 0 radical (unpaired) electrons. The highest BCUT2D eigenvalue weighted by Gasteiger charge is 2.18. The number of benzene rings is 1. The summed E-state index contributed by atoms with van der Waals surface area (Å²) in [4.78, 5) is 23.7. The first-order valence-electron chi connectivity index (χ1n) is 9.91. The third-order valence-electron chi connectivity index (χ3n) is 3.99. The molecule has 0 fully saturated rings. The molecule has 0 aliphatic rings. The average molecular weight is 428 g/mol. The van der Waals surface area contributed by atoms with Gasteiger partial charge in [0.1, 0.15) is 5.75 Å². The molecule has 1 rings (SSSR count). The van der Waals surface area contributed by atoms with Crippen LogP contribution in [0.3, 0.4) is 0 Å². The molecule has 0 aliphatic heterocycles. The Balaban J connectivity index is 0.00000122. The van der Waals surface area contributed by atoms with Crippen molar-refractivity contribution in [2.24, 2.45) is 5.73 Å². The van der Waals surface area contributed by atoms with Crippen molar-refractivity contribution in [2.45, 2.75) is 25.3 Å². The van der Waals surface area contributed by atoms with Gasteiger partial charge in [-0.3, -0.25) is 9.59 Å². The van der Waals surface area contributed by atoms with E-state index >= 15 is 0 Å². The van der Waals surface area contributed by atoms with Crippen LogP contribution < -0.4 is 21.1 Å². The second-order valence-corrected chi connectivity index (χ2v) is 6.33. The van der Waals surface area contributed by atoms with E-state index in [2.05, 4.69) is 10.6 Å². The SMILES string of the molecule is COCCCN.COCCCNCC(=O)N[C@@H](CC(=O)OC)c1ccc(OC)cc1. The van der Waals surface area contributed by atoms with Crippen molar-refractivity contribution in [3.63, 3.8) is 0 Å². The Morgan fingerprint density at radius 1 is 1.00 bits per heavy atom. The first-order valence-corrected chi connectivity index (χ1v) is 9.91. The number of carbonyl (C=O) groups is 2. The summed E-state index contributed by atoms with van der Waals surface area (Å²) >= 11 is 0. The Hall–Kier alpha value is -2.20. The highest BCUT2D eigenvalue weighted by Crippen LogP contribution is 2.20. The quantitative estimate of drug-likeness (QED) is 0.297. The fourth-order valence-electron chi connectivity index (χ4n) is 2.35. The molecule has 1 amide bonds. The zero-order chi connectivity index (χ0) is 22.6. The standard InChI is InChI=1S/C17H26N2O5.C4H11NO/c1-22-10-4-9-18-12-16(20)19-15(11-17(21)24-3)13-5-7-14(23-2)8-6-13;1-6-4-2-3-5/h5-8,15,18H,4,9-12H2,1-3H3,(H,19,20);2-5H2,1H3/t15-;/m0./s1. The lowest BCUT2D eigenvalue weighted by atomic mass is 10.0. The van der Waals surface area contributed by atoms with Crippen LogP contribution in [0.15, 0.2) is 24.3 Å². The van der Waals surface area contributed by atoms with E-state index in [4.69, 9.17) is 24.7 Å². The average Bonchev–Trinajstić information content (AvgIpc) is 2.77. The number of rotatable bonds is 14. The first kappa shape index (κ1) is 27.8. The lowest BCUT2D eigenvalue weighted by Crippen LogP contribution is -2.37. The maximum Gasteiger partial charge on any atom is 0.307 e. The highest BCUT2D eigenvalue weighted by molar-refractivity contribution is 5.79. The molecule has 4 N–H and O–H groups in total. The van der Waals surface area contributed by atoms with Crippen LogP contribution in [-0.2, 0) is 23.8 Å². The third kappa shape index (κ3) is 13.9. The van der Waals surface area contributed by atoms with Gasteiger partial charge in [0.25, 0.3) is 0 Å². The van der Waals surface area contributed by atoms with Gasteiger partial charge in [-0.1, -0.05) is 12.1 Å². The molecular formula is C21H37N3O6. The van der Waals surface area contributed by atoms with E-state index in [1.165, 1.54) is 7.11 Å². The van der Waals surface area contributed by atoms with Crippen LogP contribution in [0.4, 0.5) is 0 Å². The molecule has 30 heavy (non-hydrogen) atoms. The lowest BCUT2D eigenvalue weighted by Gasteiger charge is -2.19. The van der Waals surface area contributed by atoms with Gasteiger partial charge in [0.05, 0.1) is 33.2 Å². The Morgan fingerprint density at radius 3 is 2.13 bits per heavy atom. The Bertz CT molecular complexity index is 564. The lowest BCUT2D eigenvalue weighted by molar-refractivity contribution is -0.141. The number of nitrogens with one attached hydrogen (secondary N) is 2. The van der Waals surface area contributed by atoms with E-state index in [0.29, 0.717) is 18.9 Å². The molecule has 0 aliphatic carbocycles. The molecule has 1 aromatic rings. The number of hydrogen-bond acceptors (Lipinski definition) is 8. The molecular weight excluding hydrogens is 390 g/mol. The topological polar surface area (TPSA) is 121 Å². The fraction of sp³-hybridized carbons (Fsp3) is 0.619. The summed E-state index contributed by atoms with van der Waals surface area (Å²) in [6.07, 6.45) is 1.86. The minimum absolute atomic E-state index is 0.0677. The molecule has 172 valence electrons.